The molecule has 2 heteroatoms. The van der Waals surface area contributed by atoms with Crippen molar-refractivity contribution < 1.29 is 0 Å². The lowest BCUT2D eigenvalue weighted by atomic mass is 10.2. The Kier molecular flexibility index (Phi) is 15.4. The van der Waals surface area contributed by atoms with Crippen LogP contribution in [-0.2, 0) is 0 Å². The maximum absolute atomic E-state index is 5.09. The molecule has 0 heterocycles. The van der Waals surface area contributed by atoms with Crippen molar-refractivity contribution >= 4 is 17.2 Å². The molecule has 0 rings (SSSR count). The molecule has 0 aromatic carbocycles. The number of thiocarbonyl (C=S) groups is 1. The molecule has 0 aliphatic carbocycles. The van der Waals surface area contributed by atoms with E-state index in [0.717, 1.165) is 18.0 Å². The Hall–Kier alpha value is -0.890. The first-order valence-corrected chi connectivity index (χ1v) is 6.36. The van der Waals surface area contributed by atoms with E-state index in [9.17, 15) is 0 Å². The monoisotopic (exact) mass is 239 g/mol. The topological polar surface area (TPSA) is 12.0 Å². The van der Waals surface area contributed by atoms with Crippen LogP contribution in [0.1, 0.15) is 41.0 Å². The summed E-state index contributed by atoms with van der Waals surface area (Å²) in [6, 6.07) is 0. The summed E-state index contributed by atoms with van der Waals surface area (Å²) in [6.45, 7) is 10.9. The summed E-state index contributed by atoms with van der Waals surface area (Å²) >= 11 is 5.09. The lowest BCUT2D eigenvalue weighted by molar-refractivity contribution is 0.991. The first-order chi connectivity index (χ1) is 7.74. The van der Waals surface area contributed by atoms with Crippen molar-refractivity contribution in [3.63, 3.8) is 0 Å². The first-order valence-electron chi connectivity index (χ1n) is 5.95. The Morgan fingerprint density at radius 3 is 2.25 bits per heavy atom. The van der Waals surface area contributed by atoms with Crippen LogP contribution in [-0.4, -0.2) is 11.5 Å². The first kappa shape index (κ1) is 17.5. The van der Waals surface area contributed by atoms with Gasteiger partial charge < -0.3 is 5.32 Å². The molecule has 0 amide bonds. The van der Waals surface area contributed by atoms with E-state index in [0.29, 0.717) is 0 Å². The SMILES string of the molecule is CC.C\C=C/C=C(\C=C/C)CNC(=S)CC. The van der Waals surface area contributed by atoms with Crippen LogP contribution in [0.4, 0.5) is 0 Å². The Morgan fingerprint density at radius 1 is 1.19 bits per heavy atom. The predicted octanol–water partition coefficient (Wildman–Crippen LogP) is 4.42. The zero-order valence-corrected chi connectivity index (χ0v) is 12.0. The fraction of sp³-hybridized carbons (Fsp3) is 0.500. The summed E-state index contributed by atoms with van der Waals surface area (Å²) in [5.41, 5.74) is 1.24. The third-order valence-electron chi connectivity index (χ3n) is 1.69. The smallest absolute Gasteiger partial charge is 0.0753 e. The van der Waals surface area contributed by atoms with E-state index in [2.05, 4.69) is 24.4 Å². The van der Waals surface area contributed by atoms with Gasteiger partial charge in [-0.2, -0.15) is 0 Å². The van der Waals surface area contributed by atoms with E-state index in [1.165, 1.54) is 5.57 Å². The summed E-state index contributed by atoms with van der Waals surface area (Å²) in [5, 5.41) is 3.20. The van der Waals surface area contributed by atoms with Crippen LogP contribution in [0, 0.1) is 0 Å². The van der Waals surface area contributed by atoms with Gasteiger partial charge >= 0.3 is 0 Å². The number of nitrogens with one attached hydrogen (secondary N) is 1. The van der Waals surface area contributed by atoms with Crippen molar-refractivity contribution in [1.29, 1.82) is 0 Å². The van der Waals surface area contributed by atoms with E-state index in [-0.39, 0.29) is 0 Å². The van der Waals surface area contributed by atoms with Crippen LogP contribution in [0.3, 0.4) is 0 Å². The number of hydrogen-bond acceptors (Lipinski definition) is 1. The Balaban J connectivity index is 0. The maximum atomic E-state index is 5.09. The van der Waals surface area contributed by atoms with Crippen molar-refractivity contribution in [3.8, 4) is 0 Å². The van der Waals surface area contributed by atoms with Gasteiger partial charge in [-0.05, 0) is 25.8 Å². The van der Waals surface area contributed by atoms with Crippen molar-refractivity contribution in [1.82, 2.24) is 5.32 Å². The van der Waals surface area contributed by atoms with Crippen LogP contribution in [0.5, 0.6) is 0 Å². The minimum Gasteiger partial charge on any atom is -0.376 e. The van der Waals surface area contributed by atoms with Gasteiger partial charge in [-0.1, -0.05) is 63.4 Å². The lowest BCUT2D eigenvalue weighted by Crippen LogP contribution is -2.22. The van der Waals surface area contributed by atoms with Crippen LogP contribution < -0.4 is 5.32 Å². The maximum Gasteiger partial charge on any atom is 0.0753 e. The standard InChI is InChI=1S/C12H19NS.C2H6/c1-4-7-9-11(8-5-2)10-13-12(14)6-3;1-2/h4-5,7-9H,6,10H2,1-3H3,(H,13,14);1-2H3/b7-4-,8-5-,11-9+;. The molecule has 0 radical (unpaired) electrons. The molecule has 0 saturated carbocycles. The largest absolute Gasteiger partial charge is 0.376 e. The Morgan fingerprint density at radius 2 is 1.81 bits per heavy atom. The summed E-state index contributed by atoms with van der Waals surface area (Å²) in [6.07, 6.45) is 11.2. The zero-order chi connectivity index (χ0) is 12.8. The molecule has 92 valence electrons. The highest BCUT2D eigenvalue weighted by Crippen LogP contribution is 1.97. The molecule has 0 aromatic heterocycles. The van der Waals surface area contributed by atoms with Gasteiger partial charge in [0.15, 0.2) is 0 Å². The van der Waals surface area contributed by atoms with E-state index < -0.39 is 0 Å². The lowest BCUT2D eigenvalue weighted by Gasteiger charge is -2.05. The minimum atomic E-state index is 0.807. The molecular formula is C14H25NS. The fourth-order valence-electron chi connectivity index (χ4n) is 0.933. The van der Waals surface area contributed by atoms with Gasteiger partial charge in [0.2, 0.25) is 0 Å². The van der Waals surface area contributed by atoms with E-state index in [1.54, 1.807) is 0 Å². The second-order valence-electron chi connectivity index (χ2n) is 2.90. The van der Waals surface area contributed by atoms with Crippen molar-refractivity contribution in [2.75, 3.05) is 6.54 Å². The van der Waals surface area contributed by atoms with E-state index >= 15 is 0 Å². The number of rotatable bonds is 5. The molecule has 1 N–H and O–H groups in total. The molecule has 16 heavy (non-hydrogen) atoms. The zero-order valence-electron chi connectivity index (χ0n) is 11.2. The van der Waals surface area contributed by atoms with Crippen molar-refractivity contribution in [2.24, 2.45) is 0 Å². The van der Waals surface area contributed by atoms with Gasteiger partial charge in [0.25, 0.3) is 0 Å². The molecule has 0 aliphatic heterocycles. The van der Waals surface area contributed by atoms with Crippen LogP contribution in [0.2, 0.25) is 0 Å². The van der Waals surface area contributed by atoms with Crippen molar-refractivity contribution in [2.45, 2.75) is 41.0 Å². The summed E-state index contributed by atoms with van der Waals surface area (Å²) in [7, 11) is 0. The van der Waals surface area contributed by atoms with Gasteiger partial charge in [-0.25, -0.2) is 0 Å². The summed E-state index contributed by atoms with van der Waals surface area (Å²) < 4.78 is 0. The molecule has 0 bridgehead atoms. The summed E-state index contributed by atoms with van der Waals surface area (Å²) in [4.78, 5) is 0.917. The Bertz CT molecular complexity index is 249. The van der Waals surface area contributed by atoms with E-state index in [4.69, 9.17) is 12.2 Å². The average Bonchev–Trinajstić information content (AvgIpc) is 2.34. The van der Waals surface area contributed by atoms with Gasteiger partial charge in [-0.15, -0.1) is 0 Å². The second-order valence-corrected chi connectivity index (χ2v) is 3.39. The van der Waals surface area contributed by atoms with Crippen LogP contribution in [0.15, 0.2) is 36.0 Å². The quantitative estimate of drug-likeness (QED) is 0.563. The van der Waals surface area contributed by atoms with Gasteiger partial charge in [0.05, 0.1) is 4.99 Å². The molecule has 0 unspecified atom stereocenters. The highest BCUT2D eigenvalue weighted by Gasteiger charge is 1.93. The van der Waals surface area contributed by atoms with Crippen molar-refractivity contribution in [3.05, 3.63) is 36.0 Å². The van der Waals surface area contributed by atoms with Crippen LogP contribution >= 0.6 is 12.2 Å². The summed E-state index contributed by atoms with van der Waals surface area (Å²) in [5.74, 6) is 0. The molecule has 0 aromatic rings. The molecule has 1 nitrogen and oxygen atoms in total. The highest BCUT2D eigenvalue weighted by molar-refractivity contribution is 7.80. The molecule has 0 spiro atoms. The highest BCUT2D eigenvalue weighted by atomic mass is 32.1. The molecule has 0 fully saturated rings. The third-order valence-corrected chi connectivity index (χ3v) is 2.13. The molecule has 0 saturated heterocycles. The Labute approximate surface area is 106 Å². The van der Waals surface area contributed by atoms with E-state index in [1.807, 2.05) is 45.9 Å². The second kappa shape index (κ2) is 14.1. The molecule has 0 atom stereocenters. The predicted molar refractivity (Wildman–Crippen MR) is 80.0 cm³/mol. The van der Waals surface area contributed by atoms with Gasteiger partial charge in [-0.3, -0.25) is 0 Å². The molecular weight excluding hydrogens is 214 g/mol. The molecule has 0 aliphatic rings. The number of allylic oxidation sites excluding steroid dienone is 4. The third kappa shape index (κ3) is 11.2. The number of hydrogen-bond donors (Lipinski definition) is 1. The fourth-order valence-corrected chi connectivity index (χ4v) is 1.01. The normalized spacial score (nSPS) is 11.4. The van der Waals surface area contributed by atoms with Gasteiger partial charge in [0.1, 0.15) is 0 Å². The minimum absolute atomic E-state index is 0.807. The average molecular weight is 239 g/mol. The van der Waals surface area contributed by atoms with Gasteiger partial charge in [0, 0.05) is 6.54 Å². The van der Waals surface area contributed by atoms with Crippen LogP contribution in [0.25, 0.3) is 0 Å².